The number of pyridine rings is 1. The number of nitrogens with one attached hydrogen (secondary N) is 2. The minimum atomic E-state index is -0.104. The Bertz CT molecular complexity index is 671. The summed E-state index contributed by atoms with van der Waals surface area (Å²) in [5.41, 5.74) is 1.52. The normalized spacial score (nSPS) is 10.4. The van der Waals surface area contributed by atoms with Gasteiger partial charge >= 0.3 is 0 Å². The van der Waals surface area contributed by atoms with Crippen LogP contribution in [0, 0.1) is 37.7 Å². The quantitative estimate of drug-likeness (QED) is 0.607. The van der Waals surface area contributed by atoms with Crippen LogP contribution >= 0.6 is 0 Å². The van der Waals surface area contributed by atoms with Gasteiger partial charge in [0.2, 0.25) is 0 Å². The monoisotopic (exact) mass is 225 g/mol. The van der Waals surface area contributed by atoms with Gasteiger partial charge in [-0.25, -0.2) is 0 Å². The Morgan fingerprint density at radius 3 is 2.80 bits per heavy atom. The summed E-state index contributed by atoms with van der Waals surface area (Å²) in [5, 5.41) is 8.29. The molecule has 2 N–H and O–H groups in total. The molecule has 0 amide bonds. The van der Waals surface area contributed by atoms with Gasteiger partial charge in [0.05, 0.1) is 22.6 Å². The van der Waals surface area contributed by atoms with E-state index < -0.39 is 0 Å². The fourth-order valence-corrected chi connectivity index (χ4v) is 1.66. The van der Waals surface area contributed by atoms with E-state index in [0.29, 0.717) is 5.39 Å². The molecule has 2 aromatic heterocycles. The summed E-state index contributed by atoms with van der Waals surface area (Å²) in [6.07, 6.45) is 1.54. The molecule has 0 radical (unpaired) electrons. The third-order valence-electron chi connectivity index (χ3n) is 2.33. The zero-order valence-corrected chi connectivity index (χ0v) is 8.30. The molecule has 76 valence electrons. The summed E-state index contributed by atoms with van der Waals surface area (Å²) in [7, 11) is 0. The van der Waals surface area contributed by atoms with Crippen LogP contribution in [0.4, 0.5) is 0 Å². The molecule has 0 aliphatic heterocycles. The average molecular weight is 225 g/mol. The van der Waals surface area contributed by atoms with Crippen LogP contribution < -0.4 is 5.56 Å². The molecule has 0 atom stereocenters. The molecule has 15 heavy (non-hydrogen) atoms. The number of hydrogen-bond donors (Lipinski definition) is 2. The van der Waals surface area contributed by atoms with Crippen molar-refractivity contribution in [3.05, 3.63) is 40.8 Å². The van der Waals surface area contributed by atoms with Crippen molar-refractivity contribution in [3.8, 4) is 0 Å². The molecule has 3 aromatic rings. The Labute approximate surface area is 115 Å². The summed E-state index contributed by atoms with van der Waals surface area (Å²) in [6.45, 7) is 0. The summed E-state index contributed by atoms with van der Waals surface area (Å²) >= 11 is 0. The third kappa shape index (κ3) is 1.58. The van der Waals surface area contributed by atoms with Gasteiger partial charge < -0.3 is 4.98 Å². The Kier molecular flexibility index (Phi) is 2.82. The predicted octanol–water partition coefficient (Wildman–Crippen LogP) is 1.40. The van der Waals surface area contributed by atoms with Crippen molar-refractivity contribution in [1.82, 2.24) is 15.2 Å². The standard InChI is InChI=1S/C10H7N3O.Ar/c14-10-7-5-11-13-9(7)6-3-1-2-4-8(6)12-10;/h1-5H,(H,11,13)(H,12,14);. The molecule has 0 aliphatic carbocycles. The first-order chi connectivity index (χ1) is 6.86. The number of rotatable bonds is 0. The Morgan fingerprint density at radius 2 is 1.93 bits per heavy atom. The maximum atomic E-state index is 11.5. The third-order valence-corrected chi connectivity index (χ3v) is 2.33. The van der Waals surface area contributed by atoms with E-state index in [1.807, 2.05) is 24.3 Å². The van der Waals surface area contributed by atoms with Crippen molar-refractivity contribution >= 4 is 21.8 Å². The Hall–Kier alpha value is -0.840. The van der Waals surface area contributed by atoms with Crippen molar-refractivity contribution in [1.29, 1.82) is 0 Å². The smallest absolute Gasteiger partial charge is 0.259 e. The van der Waals surface area contributed by atoms with Gasteiger partial charge in [-0.15, -0.1) is 0 Å². The first kappa shape index (κ1) is 10.7. The number of aromatic nitrogens is 3. The van der Waals surface area contributed by atoms with Gasteiger partial charge in [0.25, 0.3) is 5.56 Å². The minimum absolute atomic E-state index is 0. The number of aromatic amines is 2. The van der Waals surface area contributed by atoms with E-state index >= 15 is 0 Å². The van der Waals surface area contributed by atoms with Crippen LogP contribution in [0.1, 0.15) is 0 Å². The van der Waals surface area contributed by atoms with Gasteiger partial charge in [0.1, 0.15) is 0 Å². The van der Waals surface area contributed by atoms with Crippen LogP contribution in [0.25, 0.3) is 21.8 Å². The molecule has 0 aliphatic rings. The second-order valence-corrected chi connectivity index (χ2v) is 3.16. The molecule has 0 spiro atoms. The molecule has 0 saturated heterocycles. The largest absolute Gasteiger partial charge is 0.321 e. The first-order valence-corrected chi connectivity index (χ1v) is 4.30. The SMILES string of the molecule is O=c1[nH]c2ccccc2c2[nH]ncc12.[Ar]. The van der Waals surface area contributed by atoms with Crippen LogP contribution in [0.3, 0.4) is 0 Å². The Balaban J connectivity index is 0.000000853. The summed E-state index contributed by atoms with van der Waals surface area (Å²) in [4.78, 5) is 14.3. The van der Waals surface area contributed by atoms with Gasteiger partial charge in [0.15, 0.2) is 0 Å². The topological polar surface area (TPSA) is 61.5 Å². The van der Waals surface area contributed by atoms with E-state index in [2.05, 4.69) is 15.2 Å². The van der Waals surface area contributed by atoms with Crippen molar-refractivity contribution in [3.63, 3.8) is 0 Å². The van der Waals surface area contributed by atoms with Gasteiger partial charge in [-0.1, -0.05) is 18.2 Å². The van der Waals surface area contributed by atoms with E-state index in [1.165, 1.54) is 0 Å². The van der Waals surface area contributed by atoms with Gasteiger partial charge in [-0.2, -0.15) is 5.10 Å². The zero-order chi connectivity index (χ0) is 9.54. The van der Waals surface area contributed by atoms with Crippen molar-refractivity contribution < 1.29 is 37.7 Å². The van der Waals surface area contributed by atoms with Gasteiger partial charge in [0, 0.05) is 43.1 Å². The number of nitrogens with zero attached hydrogens (tertiary/aromatic N) is 1. The molecule has 2 heterocycles. The average Bonchev–Trinajstić information content (AvgIpc) is 2.67. The second-order valence-electron chi connectivity index (χ2n) is 3.16. The number of benzene rings is 1. The minimum Gasteiger partial charge on any atom is -0.321 e. The fourth-order valence-electron chi connectivity index (χ4n) is 1.66. The van der Waals surface area contributed by atoms with Crippen LogP contribution in [0.15, 0.2) is 35.3 Å². The molecule has 4 nitrogen and oxygen atoms in total. The van der Waals surface area contributed by atoms with Crippen LogP contribution in [0.2, 0.25) is 0 Å². The molecule has 0 saturated carbocycles. The van der Waals surface area contributed by atoms with E-state index in [-0.39, 0.29) is 43.3 Å². The number of H-pyrrole nitrogens is 2. The number of fused-ring (bicyclic) bond motifs is 3. The van der Waals surface area contributed by atoms with Crippen molar-refractivity contribution in [2.75, 3.05) is 0 Å². The van der Waals surface area contributed by atoms with Crippen LogP contribution in [0.5, 0.6) is 0 Å². The predicted molar refractivity (Wildman–Crippen MR) is 54.2 cm³/mol. The van der Waals surface area contributed by atoms with Crippen molar-refractivity contribution in [2.45, 2.75) is 0 Å². The van der Waals surface area contributed by atoms with E-state index in [9.17, 15) is 4.79 Å². The molecule has 0 unspecified atom stereocenters. The molecule has 5 heteroatoms. The van der Waals surface area contributed by atoms with E-state index in [1.54, 1.807) is 6.20 Å². The fraction of sp³-hybridized carbons (Fsp3) is 0. The van der Waals surface area contributed by atoms with Gasteiger partial charge in [-0.3, -0.25) is 9.89 Å². The Morgan fingerprint density at radius 1 is 1.13 bits per heavy atom. The molecule has 0 bridgehead atoms. The van der Waals surface area contributed by atoms with Crippen molar-refractivity contribution in [2.24, 2.45) is 0 Å². The molecule has 3 rings (SSSR count). The number of hydrogen-bond acceptors (Lipinski definition) is 2. The van der Waals surface area contributed by atoms with Crippen LogP contribution in [-0.4, -0.2) is 15.2 Å². The van der Waals surface area contributed by atoms with Gasteiger partial charge in [-0.05, 0) is 6.07 Å². The summed E-state index contributed by atoms with van der Waals surface area (Å²) in [5.74, 6) is 0. The zero-order valence-electron chi connectivity index (χ0n) is 7.60. The molecular weight excluding hydrogens is 218 g/mol. The molecule has 1 aromatic carbocycles. The first-order valence-electron chi connectivity index (χ1n) is 4.30. The van der Waals surface area contributed by atoms with E-state index in [4.69, 9.17) is 0 Å². The molecule has 0 fully saturated rings. The van der Waals surface area contributed by atoms with E-state index in [0.717, 1.165) is 16.4 Å². The molecular formula is C10H7ArN3O. The second kappa shape index (κ2) is 3.96. The maximum absolute atomic E-state index is 11.5. The summed E-state index contributed by atoms with van der Waals surface area (Å²) < 4.78 is 0. The van der Waals surface area contributed by atoms with Crippen LogP contribution in [-0.2, 0) is 0 Å². The summed E-state index contributed by atoms with van der Waals surface area (Å²) in [6, 6.07) is 7.64. The maximum Gasteiger partial charge on any atom is 0.259 e. The number of para-hydroxylation sites is 1.